The molecule has 1 aliphatic carbocycles. The lowest BCUT2D eigenvalue weighted by Crippen LogP contribution is -2.06. The number of hydrogen-bond donors (Lipinski definition) is 2. The van der Waals surface area contributed by atoms with Crippen LogP contribution in [0.3, 0.4) is 0 Å². The second-order valence-corrected chi connectivity index (χ2v) is 3.67. The zero-order valence-electron chi connectivity index (χ0n) is 9.48. The van der Waals surface area contributed by atoms with Crippen molar-refractivity contribution >= 4 is 11.4 Å². The fourth-order valence-electron chi connectivity index (χ4n) is 1.57. The molecule has 0 fully saturated rings. The molecule has 1 aromatic carbocycles. The van der Waals surface area contributed by atoms with Crippen LogP contribution in [0.1, 0.15) is 0 Å². The van der Waals surface area contributed by atoms with E-state index in [1.54, 1.807) is 6.08 Å². The molecule has 2 N–H and O–H groups in total. The van der Waals surface area contributed by atoms with Gasteiger partial charge in [0.2, 0.25) is 0 Å². The third kappa shape index (κ3) is 2.61. The average Bonchev–Trinajstić information content (AvgIpc) is 2.39. The molecule has 2 nitrogen and oxygen atoms in total. The van der Waals surface area contributed by atoms with Crippen LogP contribution in [0.25, 0.3) is 0 Å². The summed E-state index contributed by atoms with van der Waals surface area (Å²) in [6, 6.07) is 9.88. The van der Waals surface area contributed by atoms with Crippen LogP contribution in [0.5, 0.6) is 0 Å². The molecular formula is C15H14N2. The molecule has 1 aromatic rings. The van der Waals surface area contributed by atoms with E-state index in [1.165, 1.54) is 0 Å². The lowest BCUT2D eigenvalue weighted by Gasteiger charge is -2.10. The molecule has 0 aliphatic heterocycles. The van der Waals surface area contributed by atoms with E-state index in [-0.39, 0.29) is 0 Å². The van der Waals surface area contributed by atoms with Gasteiger partial charge in [-0.25, -0.2) is 0 Å². The maximum Gasteiger partial charge on any atom is 0.0698 e. The predicted octanol–water partition coefficient (Wildman–Crippen LogP) is 3.68. The van der Waals surface area contributed by atoms with Crippen molar-refractivity contribution in [3.63, 3.8) is 0 Å². The molecule has 17 heavy (non-hydrogen) atoms. The number of hydrogen-bond acceptors (Lipinski definition) is 2. The summed E-state index contributed by atoms with van der Waals surface area (Å²) >= 11 is 0. The van der Waals surface area contributed by atoms with Gasteiger partial charge in [-0.2, -0.15) is 0 Å². The molecule has 0 heterocycles. The van der Waals surface area contributed by atoms with Gasteiger partial charge in [0.15, 0.2) is 0 Å². The van der Waals surface area contributed by atoms with Crippen LogP contribution in [0.2, 0.25) is 0 Å². The minimum atomic E-state index is 0.492. The van der Waals surface area contributed by atoms with E-state index in [0.29, 0.717) is 5.71 Å². The molecule has 0 saturated heterocycles. The van der Waals surface area contributed by atoms with Gasteiger partial charge in [-0.3, -0.25) is 5.41 Å². The summed E-state index contributed by atoms with van der Waals surface area (Å²) in [4.78, 5) is 0. The van der Waals surface area contributed by atoms with Crippen LogP contribution in [0.15, 0.2) is 78.6 Å². The normalized spacial score (nSPS) is 16.8. The molecule has 0 bridgehead atoms. The molecule has 0 spiro atoms. The lowest BCUT2D eigenvalue weighted by atomic mass is 9.98. The molecule has 0 amide bonds. The Morgan fingerprint density at radius 3 is 2.65 bits per heavy atom. The average molecular weight is 222 g/mol. The summed E-state index contributed by atoms with van der Waals surface area (Å²) in [5.74, 6) is 0. The van der Waals surface area contributed by atoms with Gasteiger partial charge < -0.3 is 5.32 Å². The summed E-state index contributed by atoms with van der Waals surface area (Å²) in [5.41, 5.74) is 3.20. The van der Waals surface area contributed by atoms with Gasteiger partial charge in [-0.1, -0.05) is 49.1 Å². The molecule has 1 aliphatic rings. The molecule has 2 rings (SSSR count). The molecule has 0 radical (unpaired) electrons. The van der Waals surface area contributed by atoms with Crippen LogP contribution in [-0.4, -0.2) is 5.71 Å². The van der Waals surface area contributed by atoms with Crippen molar-refractivity contribution in [1.82, 2.24) is 0 Å². The van der Waals surface area contributed by atoms with Crippen molar-refractivity contribution < 1.29 is 0 Å². The van der Waals surface area contributed by atoms with Crippen molar-refractivity contribution in [1.29, 1.82) is 5.41 Å². The Morgan fingerprint density at radius 1 is 1.18 bits per heavy atom. The Kier molecular flexibility index (Phi) is 3.36. The Balaban J connectivity index is 2.14. The summed E-state index contributed by atoms with van der Waals surface area (Å²) in [7, 11) is 0. The number of rotatable bonds is 3. The van der Waals surface area contributed by atoms with Crippen molar-refractivity contribution in [3.05, 3.63) is 78.6 Å². The van der Waals surface area contributed by atoms with Crippen LogP contribution in [0, 0.1) is 5.41 Å². The predicted molar refractivity (Wildman–Crippen MR) is 73.3 cm³/mol. The Labute approximate surface area is 101 Å². The van der Waals surface area contributed by atoms with Crippen molar-refractivity contribution in [2.45, 2.75) is 0 Å². The highest BCUT2D eigenvalue weighted by Crippen LogP contribution is 2.15. The maximum absolute atomic E-state index is 7.97. The van der Waals surface area contributed by atoms with Gasteiger partial charge >= 0.3 is 0 Å². The summed E-state index contributed by atoms with van der Waals surface area (Å²) in [6.45, 7) is 3.70. The van der Waals surface area contributed by atoms with E-state index in [9.17, 15) is 0 Å². The van der Waals surface area contributed by atoms with E-state index >= 15 is 0 Å². The Bertz CT molecular complexity index is 519. The van der Waals surface area contributed by atoms with Crippen LogP contribution < -0.4 is 5.32 Å². The largest absolute Gasteiger partial charge is 0.361 e. The highest BCUT2D eigenvalue weighted by molar-refractivity contribution is 6.15. The van der Waals surface area contributed by atoms with E-state index < -0.39 is 0 Å². The van der Waals surface area contributed by atoms with Gasteiger partial charge in [0.05, 0.1) is 5.71 Å². The van der Waals surface area contributed by atoms with Gasteiger partial charge in [0.25, 0.3) is 0 Å². The third-order valence-electron chi connectivity index (χ3n) is 2.52. The highest BCUT2D eigenvalue weighted by Gasteiger charge is 2.08. The first-order valence-electron chi connectivity index (χ1n) is 5.43. The minimum Gasteiger partial charge on any atom is -0.361 e. The SMILES string of the molecule is C=CC1=CC=C/C(=C/Nc2ccccc2)C1=N. The van der Waals surface area contributed by atoms with Crippen molar-refractivity contribution in [2.24, 2.45) is 0 Å². The molecule has 84 valence electrons. The lowest BCUT2D eigenvalue weighted by molar-refractivity contribution is 1.44. The summed E-state index contributed by atoms with van der Waals surface area (Å²) in [6.07, 6.45) is 9.25. The zero-order chi connectivity index (χ0) is 12.1. The highest BCUT2D eigenvalue weighted by atomic mass is 14.8. The van der Waals surface area contributed by atoms with E-state index in [4.69, 9.17) is 5.41 Å². The number of allylic oxidation sites excluding steroid dienone is 6. The number of anilines is 1. The molecule has 2 heteroatoms. The first kappa shape index (κ1) is 11.1. The minimum absolute atomic E-state index is 0.492. The fraction of sp³-hybridized carbons (Fsp3) is 0. The van der Waals surface area contributed by atoms with Crippen molar-refractivity contribution in [3.8, 4) is 0 Å². The number of benzene rings is 1. The molecule has 0 saturated carbocycles. The molecular weight excluding hydrogens is 208 g/mol. The third-order valence-corrected chi connectivity index (χ3v) is 2.52. The van der Waals surface area contributed by atoms with Gasteiger partial charge in [0.1, 0.15) is 0 Å². The van der Waals surface area contributed by atoms with E-state index in [0.717, 1.165) is 16.8 Å². The van der Waals surface area contributed by atoms with E-state index in [2.05, 4.69) is 11.9 Å². The van der Waals surface area contributed by atoms with Gasteiger partial charge in [-0.05, 0) is 17.7 Å². The number of para-hydroxylation sites is 1. The molecule has 0 aromatic heterocycles. The summed E-state index contributed by atoms with van der Waals surface area (Å²) < 4.78 is 0. The maximum atomic E-state index is 7.97. The monoisotopic (exact) mass is 222 g/mol. The smallest absolute Gasteiger partial charge is 0.0698 e. The standard InChI is InChI=1S/C15H14N2/c1-2-12-7-6-8-13(15(12)16)11-17-14-9-4-3-5-10-14/h2-11,16-17H,1H2/b13-11-,16-15?. The van der Waals surface area contributed by atoms with E-state index in [1.807, 2.05) is 54.8 Å². The van der Waals surface area contributed by atoms with Crippen molar-refractivity contribution in [2.75, 3.05) is 5.32 Å². The van der Waals surface area contributed by atoms with Crippen LogP contribution >= 0.6 is 0 Å². The zero-order valence-corrected chi connectivity index (χ0v) is 9.48. The number of nitrogens with one attached hydrogen (secondary N) is 2. The van der Waals surface area contributed by atoms with Gasteiger partial charge in [-0.15, -0.1) is 0 Å². The Hall–Kier alpha value is -2.35. The first-order valence-corrected chi connectivity index (χ1v) is 5.43. The van der Waals surface area contributed by atoms with Crippen LogP contribution in [0.4, 0.5) is 5.69 Å². The fourth-order valence-corrected chi connectivity index (χ4v) is 1.57. The topological polar surface area (TPSA) is 35.9 Å². The molecule has 0 atom stereocenters. The van der Waals surface area contributed by atoms with Gasteiger partial charge in [0, 0.05) is 17.5 Å². The second kappa shape index (κ2) is 5.12. The summed E-state index contributed by atoms with van der Waals surface area (Å²) in [5, 5.41) is 11.1. The first-order chi connectivity index (χ1) is 8.31. The quantitative estimate of drug-likeness (QED) is 0.804. The second-order valence-electron chi connectivity index (χ2n) is 3.67. The molecule has 0 unspecified atom stereocenters. The Morgan fingerprint density at radius 2 is 1.94 bits per heavy atom. The van der Waals surface area contributed by atoms with Crippen LogP contribution in [-0.2, 0) is 0 Å².